The van der Waals surface area contributed by atoms with Gasteiger partial charge in [0.25, 0.3) is 5.56 Å². The van der Waals surface area contributed by atoms with Crippen LogP contribution in [0.1, 0.15) is 17.7 Å². The molecule has 0 radical (unpaired) electrons. The molecule has 1 N–H and O–H groups in total. The molecule has 2 aromatic rings. The van der Waals surface area contributed by atoms with E-state index >= 15 is 0 Å². The number of halogens is 1. The summed E-state index contributed by atoms with van der Waals surface area (Å²) in [7, 11) is 0. The zero-order chi connectivity index (χ0) is 17.6. The lowest BCUT2D eigenvalue weighted by Gasteiger charge is -2.34. The van der Waals surface area contributed by atoms with Gasteiger partial charge in [0.1, 0.15) is 5.82 Å². The standard InChI is InChI=1S/C18H21FN4O2/c19-15-3-1-2-14(12-15)13-22-8-10-23(11-9-22)18(25)7-5-16-4-6-17(24)21-20-16/h1-4,6,12H,5,7-11,13H2,(H,21,24). The van der Waals surface area contributed by atoms with E-state index in [2.05, 4.69) is 15.1 Å². The number of carbonyl (C=O) groups excluding carboxylic acids is 1. The number of hydrogen-bond donors (Lipinski definition) is 1. The molecule has 7 heteroatoms. The van der Waals surface area contributed by atoms with Crippen molar-refractivity contribution in [3.05, 3.63) is 63.8 Å². The van der Waals surface area contributed by atoms with Gasteiger partial charge in [-0.15, -0.1) is 0 Å². The zero-order valence-electron chi connectivity index (χ0n) is 13.9. The van der Waals surface area contributed by atoms with Crippen LogP contribution in [0.2, 0.25) is 0 Å². The van der Waals surface area contributed by atoms with Crippen molar-refractivity contribution in [2.24, 2.45) is 0 Å². The number of amides is 1. The van der Waals surface area contributed by atoms with Gasteiger partial charge in [-0.1, -0.05) is 12.1 Å². The van der Waals surface area contributed by atoms with E-state index in [0.717, 1.165) is 18.7 Å². The molecular formula is C18H21FN4O2. The monoisotopic (exact) mass is 344 g/mol. The number of aromatic amines is 1. The Labute approximate surface area is 145 Å². The first kappa shape index (κ1) is 17.3. The van der Waals surface area contributed by atoms with Gasteiger partial charge in [-0.3, -0.25) is 14.5 Å². The number of aromatic nitrogens is 2. The maximum atomic E-state index is 13.2. The number of nitrogens with one attached hydrogen (secondary N) is 1. The second-order valence-corrected chi connectivity index (χ2v) is 6.20. The van der Waals surface area contributed by atoms with Crippen molar-refractivity contribution in [3.8, 4) is 0 Å². The summed E-state index contributed by atoms with van der Waals surface area (Å²) in [6.07, 6.45) is 0.891. The van der Waals surface area contributed by atoms with Crippen LogP contribution in [0.25, 0.3) is 0 Å². The van der Waals surface area contributed by atoms with Crippen LogP contribution in [0.4, 0.5) is 4.39 Å². The van der Waals surface area contributed by atoms with Gasteiger partial charge in [0.05, 0.1) is 5.69 Å². The van der Waals surface area contributed by atoms with Crippen molar-refractivity contribution in [2.75, 3.05) is 26.2 Å². The maximum Gasteiger partial charge on any atom is 0.264 e. The molecule has 2 heterocycles. The summed E-state index contributed by atoms with van der Waals surface area (Å²) in [6.45, 7) is 3.60. The van der Waals surface area contributed by atoms with Crippen LogP contribution in [0.15, 0.2) is 41.2 Å². The molecule has 0 aliphatic carbocycles. The number of hydrogen-bond acceptors (Lipinski definition) is 4. The lowest BCUT2D eigenvalue weighted by molar-refractivity contribution is -0.133. The molecule has 0 unspecified atom stereocenters. The van der Waals surface area contributed by atoms with Gasteiger partial charge in [0, 0.05) is 51.6 Å². The number of aryl methyl sites for hydroxylation is 1. The van der Waals surface area contributed by atoms with Crippen LogP contribution in [0, 0.1) is 5.82 Å². The molecule has 1 aromatic heterocycles. The fourth-order valence-corrected chi connectivity index (χ4v) is 2.95. The van der Waals surface area contributed by atoms with Gasteiger partial charge in [0.2, 0.25) is 5.91 Å². The van der Waals surface area contributed by atoms with Crippen molar-refractivity contribution < 1.29 is 9.18 Å². The number of piperazine rings is 1. The fraction of sp³-hybridized carbons (Fsp3) is 0.389. The Balaban J connectivity index is 1.44. The Hall–Kier alpha value is -2.54. The van der Waals surface area contributed by atoms with Crippen molar-refractivity contribution >= 4 is 5.91 Å². The van der Waals surface area contributed by atoms with Gasteiger partial charge in [-0.05, 0) is 23.8 Å². The van der Waals surface area contributed by atoms with Gasteiger partial charge >= 0.3 is 0 Å². The summed E-state index contributed by atoms with van der Waals surface area (Å²) >= 11 is 0. The van der Waals surface area contributed by atoms with Gasteiger partial charge < -0.3 is 4.90 Å². The molecule has 1 aromatic carbocycles. The van der Waals surface area contributed by atoms with Crippen LogP contribution >= 0.6 is 0 Å². The highest BCUT2D eigenvalue weighted by molar-refractivity contribution is 5.76. The molecule has 1 fully saturated rings. The SMILES string of the molecule is O=C(CCc1ccc(=O)[nH]n1)N1CCN(Cc2cccc(F)c2)CC1. The minimum absolute atomic E-state index is 0.0957. The molecule has 0 spiro atoms. The largest absolute Gasteiger partial charge is 0.340 e. The van der Waals surface area contributed by atoms with Crippen molar-refractivity contribution in [2.45, 2.75) is 19.4 Å². The summed E-state index contributed by atoms with van der Waals surface area (Å²) in [5, 5.41) is 6.29. The Morgan fingerprint density at radius 3 is 2.64 bits per heavy atom. The van der Waals surface area contributed by atoms with E-state index in [9.17, 15) is 14.0 Å². The minimum atomic E-state index is -0.246. The Morgan fingerprint density at radius 2 is 1.96 bits per heavy atom. The Kier molecular flexibility index (Phi) is 5.55. The Bertz CT molecular complexity index is 764. The number of benzene rings is 1. The first-order chi connectivity index (χ1) is 12.1. The second kappa shape index (κ2) is 8.02. The van der Waals surface area contributed by atoms with Gasteiger partial charge in [-0.25, -0.2) is 9.49 Å². The molecule has 1 aliphatic rings. The number of H-pyrrole nitrogens is 1. The number of carbonyl (C=O) groups is 1. The van der Waals surface area contributed by atoms with Crippen molar-refractivity contribution in [3.63, 3.8) is 0 Å². The highest BCUT2D eigenvalue weighted by atomic mass is 19.1. The van der Waals surface area contributed by atoms with Crippen molar-refractivity contribution in [1.82, 2.24) is 20.0 Å². The molecule has 1 amide bonds. The van der Waals surface area contributed by atoms with E-state index in [-0.39, 0.29) is 17.3 Å². The fourth-order valence-electron chi connectivity index (χ4n) is 2.95. The molecule has 1 saturated heterocycles. The van der Waals surface area contributed by atoms with Gasteiger partial charge in [-0.2, -0.15) is 5.10 Å². The predicted molar refractivity (Wildman–Crippen MR) is 91.4 cm³/mol. The molecular weight excluding hydrogens is 323 g/mol. The van der Waals surface area contributed by atoms with E-state index in [1.807, 2.05) is 11.0 Å². The molecule has 25 heavy (non-hydrogen) atoms. The normalized spacial score (nSPS) is 15.3. The van der Waals surface area contributed by atoms with Crippen LogP contribution in [-0.2, 0) is 17.8 Å². The molecule has 6 nitrogen and oxygen atoms in total. The lowest BCUT2D eigenvalue weighted by atomic mass is 10.1. The third kappa shape index (κ3) is 4.96. The average molecular weight is 344 g/mol. The molecule has 3 rings (SSSR count). The summed E-state index contributed by atoms with van der Waals surface area (Å²) < 4.78 is 13.2. The second-order valence-electron chi connectivity index (χ2n) is 6.20. The average Bonchev–Trinajstić information content (AvgIpc) is 2.62. The van der Waals surface area contributed by atoms with E-state index in [0.29, 0.717) is 38.2 Å². The highest BCUT2D eigenvalue weighted by Crippen LogP contribution is 2.11. The summed E-state index contributed by atoms with van der Waals surface area (Å²) in [4.78, 5) is 27.4. The van der Waals surface area contributed by atoms with Crippen molar-refractivity contribution in [1.29, 1.82) is 0 Å². The minimum Gasteiger partial charge on any atom is -0.340 e. The first-order valence-corrected chi connectivity index (χ1v) is 8.39. The lowest BCUT2D eigenvalue weighted by Crippen LogP contribution is -2.48. The van der Waals surface area contributed by atoms with E-state index in [1.54, 1.807) is 18.2 Å². The predicted octanol–water partition coefficient (Wildman–Crippen LogP) is 1.19. The van der Waals surface area contributed by atoms with Crippen LogP contribution in [0.3, 0.4) is 0 Å². The van der Waals surface area contributed by atoms with Gasteiger partial charge in [0.15, 0.2) is 0 Å². The quantitative estimate of drug-likeness (QED) is 0.885. The highest BCUT2D eigenvalue weighted by Gasteiger charge is 2.21. The molecule has 0 saturated carbocycles. The molecule has 132 valence electrons. The van der Waals surface area contributed by atoms with E-state index in [1.165, 1.54) is 12.1 Å². The topological polar surface area (TPSA) is 69.3 Å². The van der Waals surface area contributed by atoms with Crippen LogP contribution < -0.4 is 5.56 Å². The molecule has 1 aliphatic heterocycles. The number of nitrogens with zero attached hydrogens (tertiary/aromatic N) is 3. The molecule has 0 atom stereocenters. The Morgan fingerprint density at radius 1 is 1.16 bits per heavy atom. The zero-order valence-corrected chi connectivity index (χ0v) is 13.9. The third-order valence-corrected chi connectivity index (χ3v) is 4.35. The third-order valence-electron chi connectivity index (χ3n) is 4.35. The molecule has 0 bridgehead atoms. The summed E-state index contributed by atoms with van der Waals surface area (Å²) in [6, 6.07) is 9.68. The summed E-state index contributed by atoms with van der Waals surface area (Å²) in [5.41, 5.74) is 1.41. The van der Waals surface area contributed by atoms with Crippen LogP contribution in [-0.4, -0.2) is 52.1 Å². The first-order valence-electron chi connectivity index (χ1n) is 8.39. The number of rotatable bonds is 5. The summed E-state index contributed by atoms with van der Waals surface area (Å²) in [5.74, 6) is -0.124. The van der Waals surface area contributed by atoms with E-state index in [4.69, 9.17) is 0 Å². The van der Waals surface area contributed by atoms with Crippen LogP contribution in [0.5, 0.6) is 0 Å². The maximum absolute atomic E-state index is 13.2. The smallest absolute Gasteiger partial charge is 0.264 e. The van der Waals surface area contributed by atoms with E-state index < -0.39 is 0 Å².